The topological polar surface area (TPSA) is 66.4 Å². The zero-order valence-electron chi connectivity index (χ0n) is 24.6. The van der Waals surface area contributed by atoms with Crippen LogP contribution in [0.2, 0.25) is 0 Å². The van der Waals surface area contributed by atoms with Crippen molar-refractivity contribution in [2.75, 3.05) is 53.9 Å². The summed E-state index contributed by atoms with van der Waals surface area (Å²) in [4.78, 5) is 0. The molecule has 6 nitrogen and oxygen atoms in total. The highest BCUT2D eigenvalue weighted by Gasteiger charge is 2.42. The third-order valence-corrected chi connectivity index (χ3v) is 7.20. The molecular formula is C34H46O6. The lowest BCUT2D eigenvalue weighted by Gasteiger charge is -2.40. The summed E-state index contributed by atoms with van der Waals surface area (Å²) < 4.78 is 30.2. The van der Waals surface area contributed by atoms with E-state index in [2.05, 4.69) is 26.0 Å². The number of unbranched alkanes of at least 4 members (excludes halogenated alkanes) is 2. The van der Waals surface area contributed by atoms with Crippen LogP contribution in [0, 0.1) is 5.41 Å². The van der Waals surface area contributed by atoms with Gasteiger partial charge in [-0.2, -0.15) is 0 Å². The maximum absolute atomic E-state index is 10.8. The van der Waals surface area contributed by atoms with Crippen LogP contribution in [-0.2, 0) is 19.8 Å². The van der Waals surface area contributed by atoms with E-state index in [1.165, 1.54) is 0 Å². The second kappa shape index (κ2) is 16.4. The van der Waals surface area contributed by atoms with Gasteiger partial charge in [0, 0.05) is 13.2 Å². The molecule has 0 radical (unpaired) electrons. The van der Waals surface area contributed by atoms with Gasteiger partial charge in [0.1, 0.15) is 17.1 Å². The van der Waals surface area contributed by atoms with Crippen molar-refractivity contribution in [3.05, 3.63) is 95.6 Å². The molecule has 0 unspecified atom stereocenters. The summed E-state index contributed by atoms with van der Waals surface area (Å²) in [7, 11) is 3.32. The molecule has 3 aromatic carbocycles. The fraction of sp³-hybridized carbons (Fsp3) is 0.471. The van der Waals surface area contributed by atoms with Crippen molar-refractivity contribution in [3.8, 4) is 11.5 Å². The van der Waals surface area contributed by atoms with Gasteiger partial charge in [0.2, 0.25) is 0 Å². The monoisotopic (exact) mass is 550 g/mol. The Morgan fingerprint density at radius 1 is 0.600 bits per heavy atom. The first-order valence-electron chi connectivity index (χ1n) is 14.3. The average molecular weight is 551 g/mol. The van der Waals surface area contributed by atoms with E-state index in [4.69, 9.17) is 23.7 Å². The molecule has 0 fully saturated rings. The van der Waals surface area contributed by atoms with Crippen molar-refractivity contribution in [1.29, 1.82) is 0 Å². The summed E-state index contributed by atoms with van der Waals surface area (Å²) >= 11 is 0. The van der Waals surface area contributed by atoms with Gasteiger partial charge in [-0.05, 0) is 53.8 Å². The van der Waals surface area contributed by atoms with Crippen molar-refractivity contribution in [2.24, 2.45) is 5.41 Å². The van der Waals surface area contributed by atoms with Crippen LogP contribution in [-0.4, -0.2) is 59.0 Å². The smallest absolute Gasteiger partial charge is 0.143 e. The molecule has 1 N–H and O–H groups in total. The van der Waals surface area contributed by atoms with E-state index in [0.29, 0.717) is 26.4 Å². The Balaban J connectivity index is 2.10. The number of ether oxygens (including phenoxy) is 5. The molecule has 0 atom stereocenters. The quantitative estimate of drug-likeness (QED) is 0.134. The minimum Gasteiger partial charge on any atom is -0.497 e. The van der Waals surface area contributed by atoms with Gasteiger partial charge in [0.15, 0.2) is 0 Å². The molecule has 3 aromatic rings. The fourth-order valence-electron chi connectivity index (χ4n) is 4.67. The van der Waals surface area contributed by atoms with Gasteiger partial charge < -0.3 is 28.8 Å². The Bertz CT molecular complexity index is 1020. The van der Waals surface area contributed by atoms with E-state index >= 15 is 0 Å². The third kappa shape index (κ3) is 8.07. The number of benzene rings is 3. The molecular weight excluding hydrogens is 504 g/mol. The number of aliphatic hydroxyl groups is 1. The molecule has 40 heavy (non-hydrogen) atoms. The summed E-state index contributed by atoms with van der Waals surface area (Å²) in [6.07, 6.45) is 4.01. The van der Waals surface area contributed by atoms with E-state index < -0.39 is 11.0 Å². The van der Waals surface area contributed by atoms with Crippen LogP contribution in [0.25, 0.3) is 0 Å². The molecule has 0 heterocycles. The van der Waals surface area contributed by atoms with Crippen LogP contribution in [0.4, 0.5) is 0 Å². The highest BCUT2D eigenvalue weighted by molar-refractivity contribution is 5.49. The lowest BCUT2D eigenvalue weighted by Crippen LogP contribution is -2.45. The van der Waals surface area contributed by atoms with E-state index in [9.17, 15) is 5.11 Å². The van der Waals surface area contributed by atoms with Crippen molar-refractivity contribution < 1.29 is 28.8 Å². The van der Waals surface area contributed by atoms with Gasteiger partial charge in [-0.25, -0.2) is 0 Å². The molecule has 0 amide bonds. The summed E-state index contributed by atoms with van der Waals surface area (Å²) in [6.45, 7) is 6.31. The van der Waals surface area contributed by atoms with Gasteiger partial charge in [0.05, 0.1) is 46.1 Å². The zero-order chi connectivity index (χ0) is 28.7. The molecule has 0 aliphatic carbocycles. The van der Waals surface area contributed by atoms with E-state index in [0.717, 1.165) is 53.9 Å². The van der Waals surface area contributed by atoms with Crippen molar-refractivity contribution in [2.45, 2.75) is 45.1 Å². The molecule has 6 heteroatoms. The molecule has 0 spiro atoms. The molecule has 0 aliphatic rings. The number of rotatable bonds is 19. The van der Waals surface area contributed by atoms with Gasteiger partial charge in [-0.1, -0.05) is 81.3 Å². The lowest BCUT2D eigenvalue weighted by atomic mass is 9.79. The standard InChI is InChI=1S/C34H46O6/c1-5-7-22-38-25-33(24-35,26-39-23-8-6-2)27-40-34(28-12-10-9-11-13-28,29-14-18-31(36-3)19-15-29)30-16-20-32(37-4)21-17-30/h9-21,35H,5-8,22-27H2,1-4H3. The molecule has 0 bridgehead atoms. The number of aliphatic hydroxyl groups excluding tert-OH is 1. The molecule has 3 rings (SSSR count). The maximum Gasteiger partial charge on any atom is 0.143 e. The predicted octanol–water partition coefficient (Wildman–Crippen LogP) is 6.62. The first kappa shape index (κ1) is 31.6. The van der Waals surface area contributed by atoms with E-state index in [1.54, 1.807) is 14.2 Å². The SMILES string of the molecule is CCCCOCC(CO)(COCCCC)COC(c1ccccc1)(c1ccc(OC)cc1)c1ccc(OC)cc1. The van der Waals surface area contributed by atoms with Gasteiger partial charge in [-0.15, -0.1) is 0 Å². The average Bonchev–Trinajstić information content (AvgIpc) is 3.02. The summed E-state index contributed by atoms with van der Waals surface area (Å²) in [5, 5.41) is 10.8. The Labute approximate surface area is 240 Å². The van der Waals surface area contributed by atoms with E-state index in [-0.39, 0.29) is 13.2 Å². The van der Waals surface area contributed by atoms with Crippen LogP contribution in [0.15, 0.2) is 78.9 Å². The minimum atomic E-state index is -0.979. The Hall–Kier alpha value is -2.90. The second-order valence-electron chi connectivity index (χ2n) is 10.3. The van der Waals surface area contributed by atoms with Crippen molar-refractivity contribution in [3.63, 3.8) is 0 Å². The van der Waals surface area contributed by atoms with Crippen molar-refractivity contribution >= 4 is 0 Å². The van der Waals surface area contributed by atoms with Gasteiger partial charge in [-0.3, -0.25) is 0 Å². The Morgan fingerprint density at radius 3 is 1.45 bits per heavy atom. The van der Waals surface area contributed by atoms with Crippen LogP contribution in [0.3, 0.4) is 0 Å². The highest BCUT2D eigenvalue weighted by atomic mass is 16.5. The minimum absolute atomic E-state index is 0.124. The fourth-order valence-corrected chi connectivity index (χ4v) is 4.67. The lowest BCUT2D eigenvalue weighted by molar-refractivity contribution is -0.120. The third-order valence-electron chi connectivity index (χ3n) is 7.20. The normalized spacial score (nSPS) is 11.9. The summed E-state index contributed by atoms with van der Waals surface area (Å²) in [5.41, 5.74) is 1.13. The van der Waals surface area contributed by atoms with Crippen LogP contribution in [0.5, 0.6) is 11.5 Å². The molecule has 0 saturated heterocycles. The van der Waals surface area contributed by atoms with E-state index in [1.807, 2.05) is 66.7 Å². The first-order valence-corrected chi connectivity index (χ1v) is 14.3. The van der Waals surface area contributed by atoms with Gasteiger partial charge in [0.25, 0.3) is 0 Å². The zero-order valence-corrected chi connectivity index (χ0v) is 24.6. The predicted molar refractivity (Wildman–Crippen MR) is 159 cm³/mol. The summed E-state index contributed by atoms with van der Waals surface area (Å²) in [5.74, 6) is 1.53. The van der Waals surface area contributed by atoms with Crippen LogP contribution >= 0.6 is 0 Å². The molecule has 0 saturated carbocycles. The second-order valence-corrected chi connectivity index (χ2v) is 10.3. The Kier molecular flexibility index (Phi) is 13.0. The van der Waals surface area contributed by atoms with Gasteiger partial charge >= 0.3 is 0 Å². The molecule has 0 aromatic heterocycles. The highest BCUT2D eigenvalue weighted by Crippen LogP contribution is 2.43. The number of methoxy groups -OCH3 is 2. The number of hydrogen-bond donors (Lipinski definition) is 1. The van der Waals surface area contributed by atoms with Crippen molar-refractivity contribution in [1.82, 2.24) is 0 Å². The summed E-state index contributed by atoms with van der Waals surface area (Å²) in [6, 6.07) is 26.1. The maximum atomic E-state index is 10.8. The largest absolute Gasteiger partial charge is 0.497 e. The first-order chi connectivity index (χ1) is 19.6. The van der Waals surface area contributed by atoms with Crippen LogP contribution < -0.4 is 9.47 Å². The number of hydrogen-bond acceptors (Lipinski definition) is 6. The van der Waals surface area contributed by atoms with Crippen LogP contribution in [0.1, 0.15) is 56.2 Å². The Morgan fingerprint density at radius 2 is 1.05 bits per heavy atom. The molecule has 0 aliphatic heterocycles. The molecule has 218 valence electrons.